The molecule has 0 radical (unpaired) electrons. The van der Waals surface area contributed by atoms with E-state index in [4.69, 9.17) is 9.47 Å². The molecule has 1 aliphatic heterocycles. The van der Waals surface area contributed by atoms with Crippen LogP contribution in [0.15, 0.2) is 36.9 Å². The highest BCUT2D eigenvalue weighted by molar-refractivity contribution is 5.85. The number of nitrogens with one attached hydrogen (secondary N) is 2. The molecule has 0 unspecified atom stereocenters. The van der Waals surface area contributed by atoms with Crippen molar-refractivity contribution in [3.63, 3.8) is 0 Å². The molecule has 30 heavy (non-hydrogen) atoms. The topological polar surface area (TPSA) is 144 Å². The van der Waals surface area contributed by atoms with E-state index in [1.165, 1.54) is 17.2 Å². The molecule has 11 heteroatoms. The Bertz CT molecular complexity index is 1040. The number of aromatic nitrogens is 4. The van der Waals surface area contributed by atoms with Crippen LogP contribution in [-0.2, 0) is 9.53 Å². The average Bonchev–Trinajstić information content (AvgIpc) is 3.31. The molecule has 1 fully saturated rings. The number of carbonyl (C=O) groups is 1. The minimum atomic E-state index is -1.38. The third-order valence-electron chi connectivity index (χ3n) is 4.83. The standard InChI is InChI=1S/C19H22N6O5/c1-3-20-18(28)15-13(26)14(27)19(30-15)25-9-23-12-16(21-8-22-17(12)25)24-10-4-6-11(29-2)7-5-10/h4-9,13-15,19,26-27H,3H2,1-2H3,(H,20,28)(H,21,22,24)/t13-,14+,15-,19+/m0/s1. The minimum absolute atomic E-state index is 0.383. The number of ether oxygens (including phenoxy) is 2. The predicted octanol–water partition coefficient (Wildman–Crippen LogP) is 0.334. The Kier molecular flexibility index (Phi) is 5.48. The highest BCUT2D eigenvalue weighted by Gasteiger charge is 2.47. The zero-order chi connectivity index (χ0) is 21.3. The van der Waals surface area contributed by atoms with E-state index >= 15 is 0 Å². The second-order valence-electron chi connectivity index (χ2n) is 6.72. The summed E-state index contributed by atoms with van der Waals surface area (Å²) in [6.45, 7) is 2.14. The van der Waals surface area contributed by atoms with Crippen molar-refractivity contribution in [3.05, 3.63) is 36.9 Å². The molecule has 0 bridgehead atoms. The second kappa shape index (κ2) is 8.22. The fraction of sp³-hybridized carbons (Fsp3) is 0.368. The van der Waals surface area contributed by atoms with Crippen LogP contribution in [-0.4, -0.2) is 67.6 Å². The van der Waals surface area contributed by atoms with Gasteiger partial charge in [-0.15, -0.1) is 0 Å². The first-order chi connectivity index (χ1) is 14.5. The van der Waals surface area contributed by atoms with Crippen molar-refractivity contribution in [2.75, 3.05) is 19.0 Å². The van der Waals surface area contributed by atoms with Crippen LogP contribution in [0.1, 0.15) is 13.2 Å². The Morgan fingerprint density at radius 3 is 2.67 bits per heavy atom. The fourth-order valence-electron chi connectivity index (χ4n) is 3.32. The van der Waals surface area contributed by atoms with Gasteiger partial charge in [0.05, 0.1) is 13.4 Å². The molecule has 2 aromatic heterocycles. The van der Waals surface area contributed by atoms with E-state index in [1.807, 2.05) is 24.3 Å². The number of likely N-dealkylation sites (N-methyl/N-ethyl adjacent to an activating group) is 1. The first kappa shape index (κ1) is 20.0. The number of aliphatic hydroxyl groups excluding tert-OH is 2. The van der Waals surface area contributed by atoms with Crippen LogP contribution in [0.3, 0.4) is 0 Å². The van der Waals surface area contributed by atoms with Crippen molar-refractivity contribution in [2.45, 2.75) is 31.5 Å². The average molecular weight is 414 g/mol. The maximum absolute atomic E-state index is 12.1. The summed E-state index contributed by atoms with van der Waals surface area (Å²) in [5, 5.41) is 26.5. The van der Waals surface area contributed by atoms with Crippen molar-refractivity contribution in [2.24, 2.45) is 0 Å². The number of fused-ring (bicyclic) bond motifs is 1. The lowest BCUT2D eigenvalue weighted by atomic mass is 10.1. The second-order valence-corrected chi connectivity index (χ2v) is 6.72. The first-order valence-corrected chi connectivity index (χ1v) is 9.41. The summed E-state index contributed by atoms with van der Waals surface area (Å²) in [5.41, 5.74) is 1.60. The Hall–Kier alpha value is -3.28. The molecule has 0 aliphatic carbocycles. The van der Waals surface area contributed by atoms with E-state index < -0.39 is 30.4 Å². The van der Waals surface area contributed by atoms with Crippen LogP contribution in [0.5, 0.6) is 5.75 Å². The number of methoxy groups -OCH3 is 1. The number of anilines is 2. The van der Waals surface area contributed by atoms with Crippen LogP contribution in [0.25, 0.3) is 11.2 Å². The molecule has 4 N–H and O–H groups in total. The predicted molar refractivity (Wildman–Crippen MR) is 106 cm³/mol. The van der Waals surface area contributed by atoms with Gasteiger partial charge in [0, 0.05) is 12.2 Å². The Morgan fingerprint density at radius 1 is 1.20 bits per heavy atom. The minimum Gasteiger partial charge on any atom is -0.497 e. The van der Waals surface area contributed by atoms with Crippen molar-refractivity contribution < 1.29 is 24.5 Å². The molecular weight excluding hydrogens is 392 g/mol. The van der Waals surface area contributed by atoms with Gasteiger partial charge >= 0.3 is 0 Å². The molecule has 0 saturated carbocycles. The molecule has 11 nitrogen and oxygen atoms in total. The number of amides is 1. The number of nitrogens with zero attached hydrogens (tertiary/aromatic N) is 4. The van der Waals surface area contributed by atoms with Gasteiger partial charge in [0.15, 0.2) is 29.3 Å². The van der Waals surface area contributed by atoms with E-state index in [-0.39, 0.29) is 0 Å². The Balaban J connectivity index is 1.62. The summed E-state index contributed by atoms with van der Waals surface area (Å²) in [4.78, 5) is 24.9. The van der Waals surface area contributed by atoms with Crippen LogP contribution in [0.4, 0.5) is 11.5 Å². The molecule has 158 valence electrons. The molecule has 1 amide bonds. The number of imidazole rings is 1. The van der Waals surface area contributed by atoms with Gasteiger partial charge in [0.1, 0.15) is 24.3 Å². The van der Waals surface area contributed by atoms with Gasteiger partial charge in [-0.1, -0.05) is 0 Å². The van der Waals surface area contributed by atoms with E-state index in [2.05, 4.69) is 25.6 Å². The number of benzene rings is 1. The summed E-state index contributed by atoms with van der Waals surface area (Å²) in [7, 11) is 1.59. The third kappa shape index (κ3) is 3.54. The monoisotopic (exact) mass is 414 g/mol. The number of carbonyl (C=O) groups excluding carboxylic acids is 1. The lowest BCUT2D eigenvalue weighted by Crippen LogP contribution is -2.42. The zero-order valence-electron chi connectivity index (χ0n) is 16.4. The van der Waals surface area contributed by atoms with E-state index in [1.54, 1.807) is 14.0 Å². The fourth-order valence-corrected chi connectivity index (χ4v) is 3.32. The van der Waals surface area contributed by atoms with Gasteiger partial charge in [-0.2, -0.15) is 0 Å². The van der Waals surface area contributed by atoms with Gasteiger partial charge in [-0.25, -0.2) is 15.0 Å². The lowest BCUT2D eigenvalue weighted by Gasteiger charge is -2.16. The van der Waals surface area contributed by atoms with Crippen LogP contribution < -0.4 is 15.4 Å². The van der Waals surface area contributed by atoms with Crippen LogP contribution in [0.2, 0.25) is 0 Å². The summed E-state index contributed by atoms with van der Waals surface area (Å²) in [6, 6.07) is 7.29. The highest BCUT2D eigenvalue weighted by atomic mass is 16.6. The number of aliphatic hydroxyl groups is 2. The molecule has 0 spiro atoms. The normalized spacial score (nSPS) is 23.5. The van der Waals surface area contributed by atoms with Gasteiger partial charge < -0.3 is 30.3 Å². The van der Waals surface area contributed by atoms with Crippen molar-refractivity contribution in [1.29, 1.82) is 0 Å². The van der Waals surface area contributed by atoms with Gasteiger partial charge in [-0.05, 0) is 31.2 Å². The third-order valence-corrected chi connectivity index (χ3v) is 4.83. The summed E-state index contributed by atoms with van der Waals surface area (Å²) < 4.78 is 12.3. The quantitative estimate of drug-likeness (QED) is 0.449. The van der Waals surface area contributed by atoms with Crippen molar-refractivity contribution >= 4 is 28.6 Å². The summed E-state index contributed by atoms with van der Waals surface area (Å²) in [6.07, 6.45) is -2.15. The molecule has 3 heterocycles. The number of hydrogen-bond donors (Lipinski definition) is 4. The van der Waals surface area contributed by atoms with Crippen LogP contribution in [0, 0.1) is 0 Å². The molecule has 3 aromatic rings. The maximum Gasteiger partial charge on any atom is 0.252 e. The molecule has 4 rings (SSSR count). The lowest BCUT2D eigenvalue weighted by molar-refractivity contribution is -0.137. The summed E-state index contributed by atoms with van der Waals surface area (Å²) >= 11 is 0. The van der Waals surface area contributed by atoms with Crippen LogP contribution >= 0.6 is 0 Å². The van der Waals surface area contributed by atoms with E-state index in [9.17, 15) is 15.0 Å². The summed E-state index contributed by atoms with van der Waals surface area (Å²) in [5.74, 6) is 0.690. The Morgan fingerprint density at radius 2 is 1.97 bits per heavy atom. The van der Waals surface area contributed by atoms with Gasteiger partial charge in [0.2, 0.25) is 0 Å². The largest absolute Gasteiger partial charge is 0.497 e. The molecule has 1 saturated heterocycles. The number of hydrogen-bond acceptors (Lipinski definition) is 9. The van der Waals surface area contributed by atoms with E-state index in [0.29, 0.717) is 23.5 Å². The molecule has 4 atom stereocenters. The van der Waals surface area contributed by atoms with Gasteiger partial charge in [0.25, 0.3) is 5.91 Å². The maximum atomic E-state index is 12.1. The van der Waals surface area contributed by atoms with Gasteiger partial charge in [-0.3, -0.25) is 9.36 Å². The molecular formula is C19H22N6O5. The smallest absolute Gasteiger partial charge is 0.252 e. The van der Waals surface area contributed by atoms with Crippen molar-refractivity contribution in [3.8, 4) is 5.75 Å². The molecule has 1 aliphatic rings. The first-order valence-electron chi connectivity index (χ1n) is 9.41. The highest BCUT2D eigenvalue weighted by Crippen LogP contribution is 2.33. The van der Waals surface area contributed by atoms with Crippen molar-refractivity contribution in [1.82, 2.24) is 24.8 Å². The SMILES string of the molecule is CCNC(=O)[C@H]1O[C@@H](n2cnc3c(Nc4ccc(OC)cc4)ncnc32)[C@H](O)[C@@H]1O. The molecule has 1 aromatic carbocycles. The Labute approximate surface area is 171 Å². The van der Waals surface area contributed by atoms with E-state index in [0.717, 1.165) is 11.4 Å². The number of rotatable bonds is 6. The zero-order valence-corrected chi connectivity index (χ0v) is 16.4.